The van der Waals surface area contributed by atoms with Gasteiger partial charge < -0.3 is 15.4 Å². The zero-order valence-electron chi connectivity index (χ0n) is 12.9. The van der Waals surface area contributed by atoms with Crippen LogP contribution < -0.4 is 15.4 Å². The Morgan fingerprint density at radius 1 is 1.12 bits per heavy atom. The van der Waals surface area contributed by atoms with Gasteiger partial charge in [-0.05, 0) is 36.4 Å². The molecule has 3 aromatic rings. The largest absolute Gasteiger partial charge is 0.573 e. The molecule has 0 aliphatic heterocycles. The van der Waals surface area contributed by atoms with Gasteiger partial charge in [0.15, 0.2) is 5.13 Å². The quantitative estimate of drug-likeness (QED) is 0.685. The van der Waals surface area contributed by atoms with Crippen LogP contribution in [0, 0.1) is 0 Å². The average molecular weight is 380 g/mol. The van der Waals surface area contributed by atoms with E-state index in [0.717, 1.165) is 17.8 Å². The van der Waals surface area contributed by atoms with Gasteiger partial charge in [-0.3, -0.25) is 9.78 Å². The third-order valence-electron chi connectivity index (χ3n) is 3.00. The van der Waals surface area contributed by atoms with E-state index in [1.54, 1.807) is 29.9 Å². The van der Waals surface area contributed by atoms with Crippen molar-refractivity contribution in [1.29, 1.82) is 0 Å². The third-order valence-corrected chi connectivity index (χ3v) is 3.75. The summed E-state index contributed by atoms with van der Waals surface area (Å²) in [6, 6.07) is 8.40. The van der Waals surface area contributed by atoms with Crippen LogP contribution in [0.15, 0.2) is 54.2 Å². The molecule has 0 saturated carbocycles. The molecule has 0 saturated heterocycles. The Balaban J connectivity index is 1.61. The summed E-state index contributed by atoms with van der Waals surface area (Å²) >= 11 is 1.24. The molecule has 0 unspecified atom stereocenters. The maximum absolute atomic E-state index is 12.2. The maximum Gasteiger partial charge on any atom is 0.573 e. The number of amides is 1. The summed E-state index contributed by atoms with van der Waals surface area (Å²) in [4.78, 5) is 20.3. The van der Waals surface area contributed by atoms with Gasteiger partial charge in [0.1, 0.15) is 11.4 Å². The summed E-state index contributed by atoms with van der Waals surface area (Å²) < 4.78 is 40.1. The Kier molecular flexibility index (Phi) is 5.03. The summed E-state index contributed by atoms with van der Waals surface area (Å²) in [6.07, 6.45) is -1.51. The molecular formula is C16H11F3N4O2S. The van der Waals surface area contributed by atoms with Crippen LogP contribution in [-0.4, -0.2) is 22.2 Å². The Morgan fingerprint density at radius 3 is 2.54 bits per heavy atom. The molecule has 2 N–H and O–H groups in total. The number of thiazole rings is 1. The number of hydrogen-bond donors (Lipinski definition) is 2. The van der Waals surface area contributed by atoms with Gasteiger partial charge in [0.2, 0.25) is 0 Å². The molecule has 10 heteroatoms. The molecule has 3 rings (SSSR count). The first-order valence-corrected chi connectivity index (χ1v) is 8.07. The molecule has 0 aliphatic rings. The number of hydrogen-bond acceptors (Lipinski definition) is 6. The zero-order valence-corrected chi connectivity index (χ0v) is 13.8. The summed E-state index contributed by atoms with van der Waals surface area (Å²) in [5.74, 6) is -0.850. The van der Waals surface area contributed by atoms with E-state index in [4.69, 9.17) is 0 Å². The lowest BCUT2D eigenvalue weighted by Gasteiger charge is -2.09. The van der Waals surface area contributed by atoms with Crippen LogP contribution in [0.25, 0.3) is 0 Å². The van der Waals surface area contributed by atoms with Crippen molar-refractivity contribution in [2.45, 2.75) is 6.36 Å². The van der Waals surface area contributed by atoms with Gasteiger partial charge in [-0.25, -0.2) is 4.98 Å². The second-order valence-corrected chi connectivity index (χ2v) is 5.79. The third kappa shape index (κ3) is 4.93. The molecule has 1 aromatic carbocycles. The normalized spacial score (nSPS) is 11.0. The highest BCUT2D eigenvalue weighted by atomic mass is 32.1. The van der Waals surface area contributed by atoms with Crippen molar-refractivity contribution >= 4 is 33.8 Å². The molecule has 26 heavy (non-hydrogen) atoms. The summed E-state index contributed by atoms with van der Waals surface area (Å²) in [5.41, 5.74) is 1.23. The van der Waals surface area contributed by atoms with E-state index in [-0.39, 0.29) is 11.4 Å². The van der Waals surface area contributed by atoms with Crippen LogP contribution in [0.4, 0.5) is 29.7 Å². The SMILES string of the molecule is O=C(Nc1ccc(OC(F)(F)F)cc1)c1csc(Nc2cccnc2)n1. The molecule has 134 valence electrons. The second-order valence-electron chi connectivity index (χ2n) is 4.93. The Labute approximate surface area is 149 Å². The number of halogens is 3. The Bertz CT molecular complexity index is 883. The van der Waals surface area contributed by atoms with E-state index in [9.17, 15) is 18.0 Å². The Morgan fingerprint density at radius 2 is 1.88 bits per heavy atom. The minimum absolute atomic E-state index is 0.178. The first-order chi connectivity index (χ1) is 12.4. The van der Waals surface area contributed by atoms with Crippen LogP contribution in [0.1, 0.15) is 10.5 Å². The number of pyridine rings is 1. The number of nitrogens with one attached hydrogen (secondary N) is 2. The highest BCUT2D eigenvalue weighted by Crippen LogP contribution is 2.25. The number of nitrogens with zero attached hydrogens (tertiary/aromatic N) is 2. The molecule has 2 aromatic heterocycles. The summed E-state index contributed by atoms with van der Waals surface area (Å²) in [7, 11) is 0. The number of aromatic nitrogens is 2. The predicted octanol–water partition coefficient (Wildman–Crippen LogP) is 4.43. The van der Waals surface area contributed by atoms with Crippen molar-refractivity contribution in [2.24, 2.45) is 0 Å². The maximum atomic E-state index is 12.2. The van der Waals surface area contributed by atoms with Crippen molar-refractivity contribution in [3.05, 3.63) is 59.9 Å². The van der Waals surface area contributed by atoms with Gasteiger partial charge in [-0.1, -0.05) is 0 Å². The second kappa shape index (κ2) is 7.40. The van der Waals surface area contributed by atoms with E-state index >= 15 is 0 Å². The van der Waals surface area contributed by atoms with Gasteiger partial charge in [0.25, 0.3) is 5.91 Å². The number of benzene rings is 1. The number of carbonyl (C=O) groups excluding carboxylic acids is 1. The van der Waals surface area contributed by atoms with Gasteiger partial charge in [0.05, 0.1) is 11.9 Å². The standard InChI is InChI=1S/C16H11F3N4O2S/c17-16(18,19)25-12-5-3-10(4-6-12)21-14(24)13-9-26-15(23-13)22-11-2-1-7-20-8-11/h1-9H,(H,21,24)(H,22,23). The fraction of sp³-hybridized carbons (Fsp3) is 0.0625. The van der Waals surface area contributed by atoms with Crippen molar-refractivity contribution in [3.63, 3.8) is 0 Å². The minimum Gasteiger partial charge on any atom is -0.406 e. The lowest BCUT2D eigenvalue weighted by Crippen LogP contribution is -2.17. The number of alkyl halides is 3. The highest BCUT2D eigenvalue weighted by molar-refractivity contribution is 7.14. The van der Waals surface area contributed by atoms with E-state index in [1.807, 2.05) is 0 Å². The molecule has 6 nitrogen and oxygen atoms in total. The van der Waals surface area contributed by atoms with Crippen LogP contribution in [0.3, 0.4) is 0 Å². The number of ether oxygens (including phenoxy) is 1. The van der Waals surface area contributed by atoms with Gasteiger partial charge in [-0.15, -0.1) is 24.5 Å². The molecule has 0 atom stereocenters. The van der Waals surface area contributed by atoms with E-state index in [2.05, 4.69) is 25.3 Å². The fourth-order valence-electron chi connectivity index (χ4n) is 1.93. The summed E-state index contributed by atoms with van der Waals surface area (Å²) in [5, 5.41) is 7.64. The zero-order chi connectivity index (χ0) is 18.6. The van der Waals surface area contributed by atoms with Crippen molar-refractivity contribution in [1.82, 2.24) is 9.97 Å². The van der Waals surface area contributed by atoms with Gasteiger partial charge in [-0.2, -0.15) is 0 Å². The van der Waals surface area contributed by atoms with Crippen LogP contribution in [0.5, 0.6) is 5.75 Å². The fourth-order valence-corrected chi connectivity index (χ4v) is 2.64. The van der Waals surface area contributed by atoms with Crippen LogP contribution in [-0.2, 0) is 0 Å². The lowest BCUT2D eigenvalue weighted by molar-refractivity contribution is -0.274. The molecular weight excluding hydrogens is 369 g/mol. The van der Waals surface area contributed by atoms with Gasteiger partial charge in [0, 0.05) is 17.3 Å². The molecule has 0 aliphatic carbocycles. The molecule has 1 amide bonds. The van der Waals surface area contributed by atoms with Crippen LogP contribution >= 0.6 is 11.3 Å². The first kappa shape index (κ1) is 17.7. The smallest absolute Gasteiger partial charge is 0.406 e. The molecule has 2 heterocycles. The number of carbonyl (C=O) groups is 1. The van der Waals surface area contributed by atoms with Crippen molar-refractivity contribution in [2.75, 3.05) is 10.6 Å². The number of anilines is 3. The molecule has 0 radical (unpaired) electrons. The molecule has 0 fully saturated rings. The monoisotopic (exact) mass is 380 g/mol. The Hall–Kier alpha value is -3.14. The van der Waals surface area contributed by atoms with Crippen molar-refractivity contribution < 1.29 is 22.7 Å². The molecule has 0 bridgehead atoms. The van der Waals surface area contributed by atoms with Crippen LogP contribution in [0.2, 0.25) is 0 Å². The predicted molar refractivity (Wildman–Crippen MR) is 90.7 cm³/mol. The van der Waals surface area contributed by atoms with E-state index < -0.39 is 12.3 Å². The highest BCUT2D eigenvalue weighted by Gasteiger charge is 2.30. The van der Waals surface area contributed by atoms with Gasteiger partial charge >= 0.3 is 6.36 Å². The first-order valence-electron chi connectivity index (χ1n) is 7.19. The summed E-state index contributed by atoms with van der Waals surface area (Å²) in [6.45, 7) is 0. The van der Waals surface area contributed by atoms with Crippen molar-refractivity contribution in [3.8, 4) is 5.75 Å². The van der Waals surface area contributed by atoms with E-state index in [1.165, 1.54) is 23.5 Å². The average Bonchev–Trinajstić information content (AvgIpc) is 3.05. The lowest BCUT2D eigenvalue weighted by atomic mass is 10.3. The van der Waals surface area contributed by atoms with E-state index in [0.29, 0.717) is 10.8 Å². The topological polar surface area (TPSA) is 76.1 Å². The molecule has 0 spiro atoms. The minimum atomic E-state index is -4.76. The number of rotatable bonds is 5.